The van der Waals surface area contributed by atoms with Gasteiger partial charge in [0.2, 0.25) is 6.39 Å². The van der Waals surface area contributed by atoms with E-state index in [0.29, 0.717) is 17.2 Å². The zero-order valence-electron chi connectivity index (χ0n) is 10.9. The van der Waals surface area contributed by atoms with Crippen LogP contribution >= 0.6 is 11.6 Å². The fourth-order valence-electron chi connectivity index (χ4n) is 1.50. The van der Waals surface area contributed by atoms with Gasteiger partial charge in [-0.3, -0.25) is 4.79 Å². The molecule has 20 heavy (non-hydrogen) atoms. The third kappa shape index (κ3) is 3.92. The van der Waals surface area contributed by atoms with Crippen LogP contribution in [-0.4, -0.2) is 27.6 Å². The number of nitrogens with zero attached hydrogens (tertiary/aromatic N) is 3. The van der Waals surface area contributed by atoms with Crippen molar-refractivity contribution in [3.63, 3.8) is 0 Å². The van der Waals surface area contributed by atoms with E-state index in [1.165, 1.54) is 12.5 Å². The van der Waals surface area contributed by atoms with Gasteiger partial charge >= 0.3 is 0 Å². The molecule has 2 rings (SSSR count). The number of rotatable bonds is 6. The van der Waals surface area contributed by atoms with Gasteiger partial charge in [-0.15, -0.1) is 0 Å². The van der Waals surface area contributed by atoms with Gasteiger partial charge in [-0.05, 0) is 18.6 Å². The second kappa shape index (κ2) is 6.85. The summed E-state index contributed by atoms with van der Waals surface area (Å²) in [6.07, 6.45) is 2.16. The molecule has 0 aliphatic rings. The van der Waals surface area contributed by atoms with Crippen LogP contribution in [0.1, 0.15) is 29.5 Å². The molecule has 2 heterocycles. The molecule has 0 bridgehead atoms. The number of carbonyl (C=O) groups excluding carboxylic acids is 1. The lowest BCUT2D eigenvalue weighted by Crippen LogP contribution is -2.23. The Hall–Kier alpha value is -2.15. The van der Waals surface area contributed by atoms with Crippen molar-refractivity contribution in [2.45, 2.75) is 19.9 Å². The summed E-state index contributed by atoms with van der Waals surface area (Å²) in [5, 5.41) is 9.62. The van der Waals surface area contributed by atoms with E-state index in [-0.39, 0.29) is 17.6 Å². The Balaban J connectivity index is 2.02. The average molecular weight is 296 g/mol. The fourth-order valence-corrected chi connectivity index (χ4v) is 1.71. The van der Waals surface area contributed by atoms with Crippen molar-refractivity contribution < 1.29 is 9.32 Å². The molecular weight excluding hydrogens is 282 g/mol. The maximum absolute atomic E-state index is 12.0. The molecule has 2 N–H and O–H groups in total. The van der Waals surface area contributed by atoms with Crippen molar-refractivity contribution in [3.8, 4) is 0 Å². The summed E-state index contributed by atoms with van der Waals surface area (Å²) in [6.45, 7) is 2.99. The van der Waals surface area contributed by atoms with Crippen LogP contribution in [0.25, 0.3) is 0 Å². The van der Waals surface area contributed by atoms with E-state index in [1.807, 2.05) is 6.92 Å². The van der Waals surface area contributed by atoms with Gasteiger partial charge in [-0.2, -0.15) is 4.98 Å². The van der Waals surface area contributed by atoms with Gasteiger partial charge in [0.25, 0.3) is 5.91 Å². The Morgan fingerprint density at radius 3 is 3.00 bits per heavy atom. The van der Waals surface area contributed by atoms with Gasteiger partial charge in [-0.1, -0.05) is 23.7 Å². The van der Waals surface area contributed by atoms with Gasteiger partial charge in [0.1, 0.15) is 11.0 Å². The van der Waals surface area contributed by atoms with Crippen LogP contribution in [0.15, 0.2) is 23.0 Å². The quantitative estimate of drug-likeness (QED) is 0.790. The van der Waals surface area contributed by atoms with Crippen molar-refractivity contribution in [2.24, 2.45) is 0 Å². The predicted molar refractivity (Wildman–Crippen MR) is 73.5 cm³/mol. The molecule has 0 aliphatic heterocycles. The number of aromatic nitrogens is 3. The molecule has 0 fully saturated rings. The molecule has 0 aromatic carbocycles. The van der Waals surface area contributed by atoms with Gasteiger partial charge in [0, 0.05) is 12.1 Å². The fraction of sp³-hybridized carbons (Fsp3) is 0.333. The Morgan fingerprint density at radius 1 is 1.45 bits per heavy atom. The predicted octanol–water partition coefficient (Wildman–Crippen LogP) is 1.87. The van der Waals surface area contributed by atoms with Crippen molar-refractivity contribution in [2.75, 3.05) is 11.9 Å². The van der Waals surface area contributed by atoms with Crippen molar-refractivity contribution in [3.05, 3.63) is 35.1 Å². The number of amides is 1. The van der Waals surface area contributed by atoms with Crippen LogP contribution in [0.2, 0.25) is 5.15 Å². The first kappa shape index (κ1) is 14.3. The average Bonchev–Trinajstić information content (AvgIpc) is 2.95. The summed E-state index contributed by atoms with van der Waals surface area (Å²) >= 11 is 5.90. The number of halogens is 1. The third-order valence-corrected chi connectivity index (χ3v) is 2.62. The Morgan fingerprint density at radius 2 is 2.30 bits per heavy atom. The van der Waals surface area contributed by atoms with Gasteiger partial charge in [0.15, 0.2) is 5.82 Å². The summed E-state index contributed by atoms with van der Waals surface area (Å²) in [7, 11) is 0. The highest BCUT2D eigenvalue weighted by Crippen LogP contribution is 2.14. The van der Waals surface area contributed by atoms with Gasteiger partial charge < -0.3 is 15.2 Å². The maximum Gasteiger partial charge on any atom is 0.251 e. The van der Waals surface area contributed by atoms with E-state index in [2.05, 4.69) is 30.3 Å². The first-order valence-electron chi connectivity index (χ1n) is 6.14. The number of hydrogen-bond acceptors (Lipinski definition) is 6. The Bertz CT molecular complexity index is 573. The van der Waals surface area contributed by atoms with Crippen molar-refractivity contribution >= 4 is 23.3 Å². The molecule has 2 aromatic heterocycles. The van der Waals surface area contributed by atoms with E-state index in [0.717, 1.165) is 13.0 Å². The molecule has 0 saturated heterocycles. The molecule has 1 amide bonds. The maximum atomic E-state index is 12.0. The lowest BCUT2D eigenvalue weighted by atomic mass is 10.2. The number of pyridine rings is 1. The van der Waals surface area contributed by atoms with Crippen LogP contribution < -0.4 is 10.6 Å². The first-order chi connectivity index (χ1) is 9.69. The molecule has 106 valence electrons. The largest absolute Gasteiger partial charge is 0.370 e. The second-order valence-electron chi connectivity index (χ2n) is 4.02. The number of nitrogens with one attached hydrogen (secondary N) is 2. The molecule has 2 aromatic rings. The highest BCUT2D eigenvalue weighted by Gasteiger charge is 2.10. The smallest absolute Gasteiger partial charge is 0.251 e. The molecule has 0 spiro atoms. The van der Waals surface area contributed by atoms with Crippen LogP contribution in [0.5, 0.6) is 0 Å². The lowest BCUT2D eigenvalue weighted by Gasteiger charge is -2.07. The number of carbonyl (C=O) groups is 1. The zero-order chi connectivity index (χ0) is 14.4. The topological polar surface area (TPSA) is 92.9 Å². The molecule has 0 aliphatic carbocycles. The molecule has 0 radical (unpaired) electrons. The Kier molecular flexibility index (Phi) is 4.89. The summed E-state index contributed by atoms with van der Waals surface area (Å²) in [6, 6.07) is 3.15. The third-order valence-electron chi connectivity index (χ3n) is 2.43. The zero-order valence-corrected chi connectivity index (χ0v) is 11.6. The van der Waals surface area contributed by atoms with Crippen LogP contribution in [-0.2, 0) is 6.54 Å². The second-order valence-corrected chi connectivity index (χ2v) is 4.41. The van der Waals surface area contributed by atoms with E-state index in [9.17, 15) is 4.79 Å². The SMILES string of the molecule is CCCNc1cc(C(=O)NCc2ncon2)cc(Cl)n1. The van der Waals surface area contributed by atoms with Crippen molar-refractivity contribution in [1.29, 1.82) is 0 Å². The minimum Gasteiger partial charge on any atom is -0.370 e. The van der Waals surface area contributed by atoms with E-state index in [1.54, 1.807) is 6.07 Å². The molecule has 0 saturated carbocycles. The van der Waals surface area contributed by atoms with Gasteiger partial charge in [0.05, 0.1) is 6.54 Å². The van der Waals surface area contributed by atoms with Crippen molar-refractivity contribution in [1.82, 2.24) is 20.4 Å². The summed E-state index contributed by atoms with van der Waals surface area (Å²) in [5.41, 5.74) is 0.423. The lowest BCUT2D eigenvalue weighted by molar-refractivity contribution is 0.0949. The number of anilines is 1. The van der Waals surface area contributed by atoms with E-state index >= 15 is 0 Å². The normalized spacial score (nSPS) is 10.3. The molecule has 7 nitrogen and oxygen atoms in total. The molecule has 0 atom stereocenters. The summed E-state index contributed by atoms with van der Waals surface area (Å²) < 4.78 is 4.58. The van der Waals surface area contributed by atoms with Gasteiger partial charge in [-0.25, -0.2) is 4.98 Å². The minimum atomic E-state index is -0.279. The monoisotopic (exact) mass is 295 g/mol. The van der Waals surface area contributed by atoms with Crippen LogP contribution in [0.3, 0.4) is 0 Å². The first-order valence-corrected chi connectivity index (χ1v) is 6.51. The molecular formula is C12H14ClN5O2. The summed E-state index contributed by atoms with van der Waals surface area (Å²) in [5.74, 6) is 0.700. The molecule has 8 heteroatoms. The van der Waals surface area contributed by atoms with Crippen LogP contribution in [0, 0.1) is 0 Å². The highest BCUT2D eigenvalue weighted by atomic mass is 35.5. The van der Waals surface area contributed by atoms with E-state index < -0.39 is 0 Å². The van der Waals surface area contributed by atoms with E-state index in [4.69, 9.17) is 11.6 Å². The standard InChI is InChI=1S/C12H14ClN5O2/c1-2-3-14-10-5-8(4-9(13)17-10)12(19)15-6-11-16-7-20-18-11/h4-5,7H,2-3,6H2,1H3,(H,14,17)(H,15,19). The Labute approximate surface area is 120 Å². The van der Waals surface area contributed by atoms with Crippen LogP contribution in [0.4, 0.5) is 5.82 Å². The summed E-state index contributed by atoms with van der Waals surface area (Å²) in [4.78, 5) is 19.9. The highest BCUT2D eigenvalue weighted by molar-refractivity contribution is 6.29. The minimum absolute atomic E-state index is 0.187. The molecule has 0 unspecified atom stereocenters. The number of hydrogen-bond donors (Lipinski definition) is 2.